The van der Waals surface area contributed by atoms with E-state index in [4.69, 9.17) is 13.6 Å². The summed E-state index contributed by atoms with van der Waals surface area (Å²) >= 11 is 0. The normalized spacial score (nSPS) is 11.8. The molecule has 2 aromatic carbocycles. The van der Waals surface area contributed by atoms with E-state index >= 15 is 0 Å². The van der Waals surface area contributed by atoms with Crippen molar-refractivity contribution in [3.05, 3.63) is 52.4 Å². The third kappa shape index (κ3) is 2.84. The van der Waals surface area contributed by atoms with Gasteiger partial charge < -0.3 is 18.5 Å². The molecule has 2 aromatic heterocycles. The number of rotatable bonds is 5. The van der Waals surface area contributed by atoms with Crippen molar-refractivity contribution in [3.63, 3.8) is 0 Å². The number of ether oxygens (including phenoxy) is 1. The number of fused-ring (bicyclic) bond motifs is 4. The van der Waals surface area contributed by atoms with Crippen LogP contribution in [0.25, 0.3) is 32.9 Å². The fraction of sp³-hybridized carbons (Fsp3) is 0.286. The van der Waals surface area contributed by atoms with Gasteiger partial charge in [-0.05, 0) is 24.6 Å². The van der Waals surface area contributed by atoms with Gasteiger partial charge in [-0.25, -0.2) is 4.79 Å². The Labute approximate surface area is 150 Å². The Kier molecular flexibility index (Phi) is 4.17. The van der Waals surface area contributed by atoms with Gasteiger partial charge in [0, 0.05) is 28.6 Å². The number of nitrogens with one attached hydrogen (secondary N) is 1. The highest BCUT2D eigenvalue weighted by Gasteiger charge is 2.19. The van der Waals surface area contributed by atoms with Crippen molar-refractivity contribution in [3.8, 4) is 5.75 Å². The Morgan fingerprint density at radius 1 is 1.00 bits per heavy atom. The minimum absolute atomic E-state index is 0.381. The first-order valence-corrected chi connectivity index (χ1v) is 8.85. The first-order valence-electron chi connectivity index (χ1n) is 8.85. The molecule has 4 aromatic rings. The number of quaternary nitrogens is 1. The topological polar surface area (TPSA) is 57.0 Å². The second-order valence-corrected chi connectivity index (χ2v) is 6.96. The monoisotopic (exact) mass is 352 g/mol. The van der Waals surface area contributed by atoms with Gasteiger partial charge >= 0.3 is 5.63 Å². The van der Waals surface area contributed by atoms with E-state index in [-0.39, 0.29) is 5.63 Å². The molecular formula is C21H22NO4+. The summed E-state index contributed by atoms with van der Waals surface area (Å²) in [5.41, 5.74) is 2.36. The van der Waals surface area contributed by atoms with E-state index in [1.165, 1.54) is 11.0 Å². The quantitative estimate of drug-likeness (QED) is 0.443. The standard InChI is InChI=1S/C21H21NO4/c1-13-11-18(23)26-19-15(13)12-16-14-7-4-5-8-17(14)25-20(16)21(19)24-10-6-9-22(2)3/h4-5,7-8,11-12H,6,9-10H2,1-3H3/p+1. The summed E-state index contributed by atoms with van der Waals surface area (Å²) in [5.74, 6) is 0.517. The van der Waals surface area contributed by atoms with Crippen molar-refractivity contribution < 1.29 is 18.5 Å². The van der Waals surface area contributed by atoms with Crippen molar-refractivity contribution in [2.24, 2.45) is 0 Å². The molecule has 0 aliphatic carbocycles. The predicted octanol–water partition coefficient (Wildman–Crippen LogP) is 2.91. The molecule has 5 nitrogen and oxygen atoms in total. The van der Waals surface area contributed by atoms with Crippen LogP contribution in [0.5, 0.6) is 5.75 Å². The maximum absolute atomic E-state index is 11.9. The molecule has 0 unspecified atom stereocenters. The van der Waals surface area contributed by atoms with Crippen molar-refractivity contribution >= 4 is 32.9 Å². The summed E-state index contributed by atoms with van der Waals surface area (Å²) in [6, 6.07) is 11.4. The van der Waals surface area contributed by atoms with Gasteiger partial charge in [-0.3, -0.25) is 0 Å². The van der Waals surface area contributed by atoms with Gasteiger partial charge in [0.2, 0.25) is 5.75 Å². The highest BCUT2D eigenvalue weighted by molar-refractivity contribution is 6.13. The molecule has 0 atom stereocenters. The molecule has 134 valence electrons. The molecule has 0 radical (unpaired) electrons. The zero-order valence-electron chi connectivity index (χ0n) is 15.2. The number of aryl methyl sites for hydroxylation is 1. The SMILES string of the molecule is Cc1cc(=O)oc2c(OCCC[NH+](C)C)c3oc4ccccc4c3cc12. The van der Waals surface area contributed by atoms with Crippen molar-refractivity contribution in [1.82, 2.24) is 0 Å². The number of hydrogen-bond acceptors (Lipinski definition) is 4. The first kappa shape index (κ1) is 16.7. The van der Waals surface area contributed by atoms with Crippen LogP contribution in [0.4, 0.5) is 0 Å². The van der Waals surface area contributed by atoms with Crippen molar-refractivity contribution in [1.29, 1.82) is 0 Å². The van der Waals surface area contributed by atoms with Crippen LogP contribution in [0.2, 0.25) is 0 Å². The van der Waals surface area contributed by atoms with Crippen LogP contribution < -0.4 is 15.3 Å². The number of para-hydroxylation sites is 1. The average molecular weight is 352 g/mol. The number of benzene rings is 2. The van der Waals surface area contributed by atoms with E-state index in [1.807, 2.05) is 37.3 Å². The largest absolute Gasteiger partial charge is 0.486 e. The smallest absolute Gasteiger partial charge is 0.336 e. The summed E-state index contributed by atoms with van der Waals surface area (Å²) < 4.78 is 17.7. The molecule has 2 heterocycles. The molecule has 0 spiro atoms. The molecule has 0 aliphatic heterocycles. The van der Waals surface area contributed by atoms with Gasteiger partial charge in [-0.2, -0.15) is 0 Å². The maximum Gasteiger partial charge on any atom is 0.336 e. The lowest BCUT2D eigenvalue weighted by atomic mass is 10.1. The van der Waals surface area contributed by atoms with E-state index in [9.17, 15) is 4.79 Å². The lowest BCUT2D eigenvalue weighted by Gasteiger charge is -2.11. The summed E-state index contributed by atoms with van der Waals surface area (Å²) in [7, 11) is 4.22. The molecule has 5 heteroatoms. The highest BCUT2D eigenvalue weighted by atomic mass is 16.5. The van der Waals surface area contributed by atoms with Crippen LogP contribution in [-0.4, -0.2) is 27.2 Å². The predicted molar refractivity (Wildman–Crippen MR) is 102 cm³/mol. The first-order chi connectivity index (χ1) is 12.5. The van der Waals surface area contributed by atoms with Crippen molar-refractivity contribution in [2.45, 2.75) is 13.3 Å². The van der Waals surface area contributed by atoms with E-state index < -0.39 is 0 Å². The lowest BCUT2D eigenvalue weighted by molar-refractivity contribution is -0.858. The Balaban J connectivity index is 1.95. The second-order valence-electron chi connectivity index (χ2n) is 6.96. The number of hydrogen-bond donors (Lipinski definition) is 1. The van der Waals surface area contributed by atoms with Gasteiger partial charge in [-0.1, -0.05) is 18.2 Å². The molecule has 0 saturated heterocycles. The molecule has 0 saturated carbocycles. The third-order valence-electron chi connectivity index (χ3n) is 4.61. The zero-order valence-corrected chi connectivity index (χ0v) is 15.2. The number of furan rings is 1. The van der Waals surface area contributed by atoms with Crippen LogP contribution in [-0.2, 0) is 0 Å². The Bertz CT molecular complexity index is 1150. The fourth-order valence-corrected chi connectivity index (χ4v) is 3.32. The lowest BCUT2D eigenvalue weighted by Crippen LogP contribution is -3.05. The average Bonchev–Trinajstić information content (AvgIpc) is 2.96. The molecule has 4 rings (SSSR count). The highest BCUT2D eigenvalue weighted by Crippen LogP contribution is 2.40. The summed E-state index contributed by atoms with van der Waals surface area (Å²) in [5, 5.41) is 2.87. The zero-order chi connectivity index (χ0) is 18.3. The summed E-state index contributed by atoms with van der Waals surface area (Å²) in [4.78, 5) is 13.3. The summed E-state index contributed by atoms with van der Waals surface area (Å²) in [6.45, 7) is 3.44. The van der Waals surface area contributed by atoms with Crippen LogP contribution in [0, 0.1) is 6.92 Å². The van der Waals surface area contributed by atoms with E-state index in [2.05, 4.69) is 14.1 Å². The van der Waals surface area contributed by atoms with Crippen LogP contribution in [0.1, 0.15) is 12.0 Å². The summed E-state index contributed by atoms with van der Waals surface area (Å²) in [6.07, 6.45) is 0.899. The van der Waals surface area contributed by atoms with E-state index in [0.717, 1.165) is 40.3 Å². The molecule has 1 N–H and O–H groups in total. The molecule has 26 heavy (non-hydrogen) atoms. The van der Waals surface area contributed by atoms with E-state index in [0.29, 0.717) is 23.5 Å². The van der Waals surface area contributed by atoms with Crippen LogP contribution >= 0.6 is 0 Å². The molecule has 0 bridgehead atoms. The molecule has 0 amide bonds. The Hall–Kier alpha value is -2.79. The van der Waals surface area contributed by atoms with Gasteiger partial charge in [0.05, 0.1) is 27.2 Å². The van der Waals surface area contributed by atoms with Gasteiger partial charge in [-0.15, -0.1) is 0 Å². The van der Waals surface area contributed by atoms with Crippen molar-refractivity contribution in [2.75, 3.05) is 27.2 Å². The third-order valence-corrected chi connectivity index (χ3v) is 4.61. The maximum atomic E-state index is 11.9. The molecule has 0 fully saturated rings. The minimum Gasteiger partial charge on any atom is -0.486 e. The molecular weight excluding hydrogens is 330 g/mol. The Morgan fingerprint density at radius 3 is 2.58 bits per heavy atom. The minimum atomic E-state index is -0.381. The van der Waals surface area contributed by atoms with Gasteiger partial charge in [0.1, 0.15) is 5.58 Å². The van der Waals surface area contributed by atoms with Crippen LogP contribution in [0.3, 0.4) is 0 Å². The second kappa shape index (κ2) is 6.50. The van der Waals surface area contributed by atoms with Gasteiger partial charge in [0.25, 0.3) is 0 Å². The Morgan fingerprint density at radius 2 is 1.77 bits per heavy atom. The molecule has 0 aliphatic rings. The van der Waals surface area contributed by atoms with E-state index in [1.54, 1.807) is 0 Å². The van der Waals surface area contributed by atoms with Gasteiger partial charge in [0.15, 0.2) is 11.2 Å². The van der Waals surface area contributed by atoms with Crippen LogP contribution in [0.15, 0.2) is 50.0 Å². The fourth-order valence-electron chi connectivity index (χ4n) is 3.32.